The molecule has 0 heterocycles. The standard InChI is InChI=1S/C19H17Cl3N2O3/c1-11-15(19(11,21)22)10-27-13-6-4-5-12(9-13)23-18(26)24-17(25)14-7-2-3-8-16(14)20/h2-9,11,15H,10H2,1H3,(H2,23,24,25,26). The average Bonchev–Trinajstić information content (AvgIpc) is 3.10. The Kier molecular flexibility index (Phi) is 5.84. The van der Waals surface area contributed by atoms with Gasteiger partial charge in [0.05, 0.1) is 17.2 Å². The second-order valence-corrected chi connectivity index (χ2v) is 8.15. The first-order chi connectivity index (χ1) is 12.8. The van der Waals surface area contributed by atoms with Crippen LogP contribution in [0.1, 0.15) is 17.3 Å². The summed E-state index contributed by atoms with van der Waals surface area (Å²) in [5, 5.41) is 5.08. The summed E-state index contributed by atoms with van der Waals surface area (Å²) in [4.78, 5) is 24.2. The molecule has 8 heteroatoms. The van der Waals surface area contributed by atoms with Crippen LogP contribution in [0.2, 0.25) is 5.02 Å². The molecule has 1 fully saturated rings. The molecule has 2 unspecified atom stereocenters. The highest BCUT2D eigenvalue weighted by Gasteiger charge is 2.60. The Labute approximate surface area is 171 Å². The number of benzene rings is 2. The number of nitrogens with one attached hydrogen (secondary N) is 2. The van der Waals surface area contributed by atoms with Gasteiger partial charge in [-0.05, 0) is 30.2 Å². The molecule has 0 aromatic heterocycles. The van der Waals surface area contributed by atoms with E-state index in [1.54, 1.807) is 42.5 Å². The number of rotatable bonds is 5. The van der Waals surface area contributed by atoms with Crippen molar-refractivity contribution in [3.63, 3.8) is 0 Å². The van der Waals surface area contributed by atoms with Crippen molar-refractivity contribution in [2.75, 3.05) is 11.9 Å². The van der Waals surface area contributed by atoms with Gasteiger partial charge >= 0.3 is 6.03 Å². The molecule has 2 atom stereocenters. The number of imide groups is 1. The molecular weight excluding hydrogens is 411 g/mol. The normalized spacial score (nSPS) is 19.9. The fourth-order valence-corrected chi connectivity index (χ4v) is 3.55. The zero-order valence-electron chi connectivity index (χ0n) is 14.3. The topological polar surface area (TPSA) is 67.4 Å². The van der Waals surface area contributed by atoms with Gasteiger partial charge in [-0.2, -0.15) is 0 Å². The number of amides is 3. The summed E-state index contributed by atoms with van der Waals surface area (Å²) in [7, 11) is 0. The predicted molar refractivity (Wildman–Crippen MR) is 107 cm³/mol. The number of hydrogen-bond acceptors (Lipinski definition) is 3. The van der Waals surface area contributed by atoms with Crippen molar-refractivity contribution < 1.29 is 14.3 Å². The van der Waals surface area contributed by atoms with Crippen LogP contribution in [0, 0.1) is 11.8 Å². The molecule has 0 radical (unpaired) electrons. The van der Waals surface area contributed by atoms with Crippen LogP contribution >= 0.6 is 34.8 Å². The summed E-state index contributed by atoms with van der Waals surface area (Å²) in [5.41, 5.74) is 0.694. The van der Waals surface area contributed by atoms with E-state index in [9.17, 15) is 9.59 Å². The second kappa shape index (κ2) is 7.97. The van der Waals surface area contributed by atoms with E-state index < -0.39 is 16.3 Å². The molecular formula is C19H17Cl3N2O3. The zero-order valence-corrected chi connectivity index (χ0v) is 16.6. The molecule has 0 saturated heterocycles. The summed E-state index contributed by atoms with van der Waals surface area (Å²) in [6.07, 6.45) is 0. The maximum atomic E-state index is 12.1. The number of anilines is 1. The van der Waals surface area contributed by atoms with Gasteiger partial charge in [0.25, 0.3) is 5.91 Å². The number of halogens is 3. The quantitative estimate of drug-likeness (QED) is 0.651. The van der Waals surface area contributed by atoms with E-state index in [1.807, 2.05) is 6.92 Å². The summed E-state index contributed by atoms with van der Waals surface area (Å²) in [6.45, 7) is 2.35. The Balaban J connectivity index is 1.55. The molecule has 2 aromatic carbocycles. The van der Waals surface area contributed by atoms with Crippen LogP contribution in [0.5, 0.6) is 5.75 Å². The van der Waals surface area contributed by atoms with E-state index in [0.717, 1.165) is 0 Å². The summed E-state index contributed by atoms with van der Waals surface area (Å²) in [6, 6.07) is 12.6. The molecule has 0 aliphatic heterocycles. The summed E-state index contributed by atoms with van der Waals surface area (Å²) < 4.78 is 4.96. The van der Waals surface area contributed by atoms with Crippen molar-refractivity contribution in [2.24, 2.45) is 11.8 Å². The van der Waals surface area contributed by atoms with Crippen molar-refractivity contribution in [1.29, 1.82) is 0 Å². The van der Waals surface area contributed by atoms with Crippen molar-refractivity contribution in [2.45, 2.75) is 11.3 Å². The van der Waals surface area contributed by atoms with Gasteiger partial charge < -0.3 is 10.1 Å². The van der Waals surface area contributed by atoms with Gasteiger partial charge in [-0.15, -0.1) is 23.2 Å². The number of hydrogen-bond donors (Lipinski definition) is 2. The molecule has 2 N–H and O–H groups in total. The molecule has 1 aliphatic rings. The number of carbonyl (C=O) groups is 2. The fourth-order valence-electron chi connectivity index (χ4n) is 2.64. The SMILES string of the molecule is CC1C(COc2cccc(NC(=O)NC(=O)c3ccccc3Cl)c2)C1(Cl)Cl. The Morgan fingerprint density at radius 1 is 1.15 bits per heavy atom. The average molecular weight is 428 g/mol. The smallest absolute Gasteiger partial charge is 0.326 e. The maximum Gasteiger partial charge on any atom is 0.326 e. The molecule has 5 nitrogen and oxygen atoms in total. The van der Waals surface area contributed by atoms with Crippen LogP contribution in [0.3, 0.4) is 0 Å². The lowest BCUT2D eigenvalue weighted by Crippen LogP contribution is -2.34. The first kappa shape index (κ1) is 19.8. The highest BCUT2D eigenvalue weighted by Crippen LogP contribution is 2.58. The van der Waals surface area contributed by atoms with Gasteiger partial charge in [-0.25, -0.2) is 4.79 Å². The van der Waals surface area contributed by atoms with Crippen LogP contribution < -0.4 is 15.4 Å². The van der Waals surface area contributed by atoms with Gasteiger partial charge in [0.1, 0.15) is 10.1 Å². The molecule has 3 amide bonds. The summed E-state index contributed by atoms with van der Waals surface area (Å²) in [5.74, 6) is 0.208. The third kappa shape index (κ3) is 4.67. The van der Waals surface area contributed by atoms with E-state index >= 15 is 0 Å². The molecule has 142 valence electrons. The van der Waals surface area contributed by atoms with Gasteiger partial charge in [-0.1, -0.05) is 36.7 Å². The van der Waals surface area contributed by atoms with Gasteiger partial charge in [0, 0.05) is 17.7 Å². The van der Waals surface area contributed by atoms with E-state index in [-0.39, 0.29) is 22.4 Å². The predicted octanol–water partition coefficient (Wildman–Crippen LogP) is 5.12. The number of ether oxygens (including phenoxy) is 1. The number of alkyl halides is 2. The molecule has 27 heavy (non-hydrogen) atoms. The van der Waals surface area contributed by atoms with E-state index in [2.05, 4.69) is 10.6 Å². The fraction of sp³-hybridized carbons (Fsp3) is 0.263. The van der Waals surface area contributed by atoms with E-state index in [0.29, 0.717) is 18.0 Å². The zero-order chi connectivity index (χ0) is 19.6. The van der Waals surface area contributed by atoms with E-state index in [1.165, 1.54) is 6.07 Å². The minimum absolute atomic E-state index is 0.0639. The maximum absolute atomic E-state index is 12.1. The summed E-state index contributed by atoms with van der Waals surface area (Å²) >= 11 is 18.2. The lowest BCUT2D eigenvalue weighted by molar-refractivity contribution is 0.0967. The molecule has 2 aromatic rings. The molecule has 3 rings (SSSR count). The second-order valence-electron chi connectivity index (χ2n) is 6.30. The first-order valence-electron chi connectivity index (χ1n) is 8.26. The highest BCUT2D eigenvalue weighted by atomic mass is 35.5. The molecule has 1 saturated carbocycles. The molecule has 0 spiro atoms. The Hall–Kier alpha value is -1.95. The van der Waals surface area contributed by atoms with Crippen molar-refractivity contribution in [3.05, 3.63) is 59.1 Å². The van der Waals surface area contributed by atoms with Crippen molar-refractivity contribution in [3.8, 4) is 5.75 Å². The lowest BCUT2D eigenvalue weighted by Gasteiger charge is -2.10. The lowest BCUT2D eigenvalue weighted by atomic mass is 10.2. The van der Waals surface area contributed by atoms with Crippen LogP contribution in [-0.2, 0) is 0 Å². The van der Waals surface area contributed by atoms with Crippen LogP contribution in [0.25, 0.3) is 0 Å². The Bertz CT molecular complexity index is 873. The number of urea groups is 1. The van der Waals surface area contributed by atoms with Crippen LogP contribution in [0.15, 0.2) is 48.5 Å². The highest BCUT2D eigenvalue weighted by molar-refractivity contribution is 6.51. The van der Waals surface area contributed by atoms with Gasteiger partial charge in [0.15, 0.2) is 0 Å². The largest absolute Gasteiger partial charge is 0.493 e. The molecule has 0 bridgehead atoms. The first-order valence-corrected chi connectivity index (χ1v) is 9.40. The minimum atomic E-state index is -0.741. The van der Waals surface area contributed by atoms with Gasteiger partial charge in [-0.3, -0.25) is 10.1 Å². The van der Waals surface area contributed by atoms with Crippen molar-refractivity contribution >= 4 is 52.4 Å². The van der Waals surface area contributed by atoms with Gasteiger partial charge in [0.2, 0.25) is 0 Å². The van der Waals surface area contributed by atoms with Crippen LogP contribution in [0.4, 0.5) is 10.5 Å². The van der Waals surface area contributed by atoms with E-state index in [4.69, 9.17) is 39.5 Å². The van der Waals surface area contributed by atoms with Crippen molar-refractivity contribution in [1.82, 2.24) is 5.32 Å². The van der Waals surface area contributed by atoms with Crippen LogP contribution in [-0.4, -0.2) is 22.9 Å². The monoisotopic (exact) mass is 426 g/mol. The Morgan fingerprint density at radius 3 is 2.52 bits per heavy atom. The number of carbonyl (C=O) groups excluding carboxylic acids is 2. The Morgan fingerprint density at radius 2 is 1.85 bits per heavy atom. The molecule has 1 aliphatic carbocycles. The third-order valence-corrected chi connectivity index (χ3v) is 6.04. The third-order valence-electron chi connectivity index (χ3n) is 4.46. The minimum Gasteiger partial charge on any atom is -0.493 e.